The maximum atomic E-state index is 14.4. The van der Waals surface area contributed by atoms with Gasteiger partial charge in [-0.1, -0.05) is 61.9 Å². The smallest absolute Gasteiger partial charge is 0.296 e. The van der Waals surface area contributed by atoms with Crippen molar-refractivity contribution in [1.29, 1.82) is 0 Å². The number of piperazine rings is 1. The summed E-state index contributed by atoms with van der Waals surface area (Å²) in [4.78, 5) is 76.3. The van der Waals surface area contributed by atoms with E-state index in [9.17, 15) is 24.0 Å². The number of rotatable bonds is 7. The zero-order chi connectivity index (χ0) is 38.2. The molecule has 1 aromatic heterocycles. The Balaban J connectivity index is 1.24. The molecule has 0 aliphatic carbocycles. The van der Waals surface area contributed by atoms with Crippen LogP contribution in [-0.4, -0.2) is 77.1 Å². The Morgan fingerprint density at radius 3 is 2.37 bits per heavy atom. The third-order valence-electron chi connectivity index (χ3n) is 9.53. The molecule has 0 saturated carbocycles. The number of ketones is 1. The van der Waals surface area contributed by atoms with E-state index in [2.05, 4.69) is 26.3 Å². The zero-order valence-electron chi connectivity index (χ0n) is 30.2. The Morgan fingerprint density at radius 2 is 1.63 bits per heavy atom. The molecule has 282 valence electrons. The molecule has 54 heavy (non-hydrogen) atoms. The van der Waals surface area contributed by atoms with Gasteiger partial charge >= 0.3 is 0 Å². The van der Waals surface area contributed by atoms with E-state index in [1.165, 1.54) is 0 Å². The van der Waals surface area contributed by atoms with Crippen molar-refractivity contribution in [3.8, 4) is 0 Å². The minimum absolute atomic E-state index is 0.00176. The summed E-state index contributed by atoms with van der Waals surface area (Å²) in [6, 6.07) is 18.4. The molecule has 1 saturated heterocycles. The summed E-state index contributed by atoms with van der Waals surface area (Å²) >= 11 is 6.20. The number of allylic oxidation sites excluding steroid dienone is 1. The van der Waals surface area contributed by atoms with Gasteiger partial charge in [0.25, 0.3) is 11.9 Å². The van der Waals surface area contributed by atoms with Crippen LogP contribution in [-0.2, 0) is 24.0 Å². The minimum atomic E-state index is -1.21. The van der Waals surface area contributed by atoms with E-state index in [-0.39, 0.29) is 42.4 Å². The predicted octanol–water partition coefficient (Wildman–Crippen LogP) is 5.79. The van der Waals surface area contributed by atoms with Crippen molar-refractivity contribution >= 4 is 75.2 Å². The van der Waals surface area contributed by atoms with Crippen molar-refractivity contribution in [3.05, 3.63) is 90.0 Å². The molecule has 0 radical (unpaired) electrons. The van der Waals surface area contributed by atoms with Gasteiger partial charge in [-0.3, -0.25) is 24.0 Å². The van der Waals surface area contributed by atoms with E-state index in [0.29, 0.717) is 59.8 Å². The van der Waals surface area contributed by atoms with Gasteiger partial charge in [-0.15, -0.1) is 0 Å². The van der Waals surface area contributed by atoms with Crippen LogP contribution in [0, 0.1) is 5.92 Å². The van der Waals surface area contributed by atoms with E-state index in [0.717, 1.165) is 6.42 Å². The molecule has 3 aromatic carbocycles. The normalized spacial score (nSPS) is 19.9. The maximum Gasteiger partial charge on any atom is 0.296 e. The molecule has 3 atom stereocenters. The second kappa shape index (κ2) is 17.4. The van der Waals surface area contributed by atoms with Crippen LogP contribution < -0.4 is 26.2 Å². The van der Waals surface area contributed by atoms with E-state index < -0.39 is 35.7 Å². The van der Waals surface area contributed by atoms with Crippen molar-refractivity contribution < 1.29 is 28.4 Å². The SMILES string of the molecule is CC(C)C(Nc1nc2ccccc2o1)C(=O)N1CCN(c2ccc(Cl)cc2)[C@@H](C(=O)N[C@@H]2C/C=C/CCCCC(=O)Nc3ccccc3NC(=O)C2=O)C1. The third-order valence-corrected chi connectivity index (χ3v) is 9.78. The van der Waals surface area contributed by atoms with Crippen molar-refractivity contribution in [1.82, 2.24) is 15.2 Å². The largest absolute Gasteiger partial charge is 0.424 e. The molecule has 13 nitrogen and oxygen atoms in total. The molecule has 3 heterocycles. The summed E-state index contributed by atoms with van der Waals surface area (Å²) in [7, 11) is 0. The van der Waals surface area contributed by atoms with Crippen LogP contribution >= 0.6 is 11.6 Å². The maximum absolute atomic E-state index is 14.4. The van der Waals surface area contributed by atoms with E-state index in [4.69, 9.17) is 16.0 Å². The number of amides is 4. The second-order valence-electron chi connectivity index (χ2n) is 13.7. The lowest BCUT2D eigenvalue weighted by molar-refractivity contribution is -0.138. The van der Waals surface area contributed by atoms with Gasteiger partial charge in [0, 0.05) is 30.2 Å². The highest BCUT2D eigenvalue weighted by Crippen LogP contribution is 2.26. The Bertz CT molecular complexity index is 2000. The molecular formula is C40H44ClN7O6. The molecule has 6 rings (SSSR count). The fourth-order valence-corrected chi connectivity index (χ4v) is 6.71. The quantitative estimate of drug-likeness (QED) is 0.135. The molecule has 2 aliphatic heterocycles. The molecule has 1 fully saturated rings. The molecule has 4 amide bonds. The fourth-order valence-electron chi connectivity index (χ4n) is 6.58. The van der Waals surface area contributed by atoms with Crippen LogP contribution in [0.5, 0.6) is 0 Å². The lowest BCUT2D eigenvalue weighted by Crippen LogP contribution is -2.63. The van der Waals surface area contributed by atoms with Gasteiger partial charge in [0.05, 0.1) is 17.9 Å². The standard InChI is InChI=1S/C40H44ClN7O6/c1-25(2)35(46-40-45-30-14-10-11-16-33(30)54-40)39(53)47-22-23-48(27-20-18-26(41)19-21-27)32(24-47)37(51)44-31-15-6-4-3-5-7-17-34(49)42-28-12-8-9-13-29(28)43-38(52)36(31)50/h4,6,8-14,16,18-21,25,31-32,35H,3,5,7,15,17,22-24H2,1-2H3,(H,42,49)(H,43,52)(H,44,51)(H,45,46)/b6-4+/t31-,32-,35?/m1/s1. The van der Waals surface area contributed by atoms with Crippen LogP contribution in [0.2, 0.25) is 5.02 Å². The molecule has 2 aliphatic rings. The highest BCUT2D eigenvalue weighted by atomic mass is 35.5. The molecule has 4 aromatic rings. The number of aromatic nitrogens is 1. The minimum Gasteiger partial charge on any atom is -0.424 e. The van der Waals surface area contributed by atoms with Crippen LogP contribution in [0.1, 0.15) is 46.0 Å². The Labute approximate surface area is 318 Å². The van der Waals surface area contributed by atoms with Gasteiger partial charge in [0.15, 0.2) is 5.58 Å². The zero-order valence-corrected chi connectivity index (χ0v) is 31.0. The Hall–Kier alpha value is -5.69. The number of hydrogen-bond donors (Lipinski definition) is 4. The first-order valence-corrected chi connectivity index (χ1v) is 18.6. The summed E-state index contributed by atoms with van der Waals surface area (Å²) in [6.45, 7) is 4.45. The number of anilines is 4. The molecule has 0 bridgehead atoms. The number of carbonyl (C=O) groups is 5. The van der Waals surface area contributed by atoms with E-state index >= 15 is 0 Å². The number of nitrogens with zero attached hydrogens (tertiary/aromatic N) is 3. The van der Waals surface area contributed by atoms with Gasteiger partial charge < -0.3 is 35.5 Å². The fraction of sp³-hybridized carbons (Fsp3) is 0.350. The summed E-state index contributed by atoms with van der Waals surface area (Å²) < 4.78 is 5.86. The molecule has 0 spiro atoms. The summed E-state index contributed by atoms with van der Waals surface area (Å²) in [5.74, 6) is -2.92. The summed E-state index contributed by atoms with van der Waals surface area (Å²) in [5.41, 5.74) is 2.59. The van der Waals surface area contributed by atoms with Gasteiger partial charge in [-0.25, -0.2) is 0 Å². The highest BCUT2D eigenvalue weighted by Gasteiger charge is 2.39. The number of Topliss-reactive ketones (excluding diaryl/α,β-unsaturated/α-hetero) is 1. The molecule has 4 N–H and O–H groups in total. The van der Waals surface area contributed by atoms with Gasteiger partial charge in [-0.2, -0.15) is 4.98 Å². The number of fused-ring (bicyclic) bond motifs is 2. The van der Waals surface area contributed by atoms with Crippen molar-refractivity contribution in [2.45, 2.75) is 64.1 Å². The summed E-state index contributed by atoms with van der Waals surface area (Å²) in [6.07, 6.45) is 6.08. The monoisotopic (exact) mass is 753 g/mol. The van der Waals surface area contributed by atoms with Gasteiger partial charge in [0.2, 0.25) is 23.5 Å². The first-order chi connectivity index (χ1) is 26.1. The lowest BCUT2D eigenvalue weighted by Gasteiger charge is -2.43. The van der Waals surface area contributed by atoms with E-state index in [1.54, 1.807) is 65.6 Å². The first-order valence-electron chi connectivity index (χ1n) is 18.2. The first kappa shape index (κ1) is 38.0. The molecule has 14 heteroatoms. The van der Waals surface area contributed by atoms with E-state index in [1.807, 2.05) is 43.0 Å². The average Bonchev–Trinajstić information content (AvgIpc) is 3.58. The van der Waals surface area contributed by atoms with Crippen LogP contribution in [0.3, 0.4) is 0 Å². The van der Waals surface area contributed by atoms with Crippen LogP contribution in [0.25, 0.3) is 11.1 Å². The number of oxazole rings is 1. The highest BCUT2D eigenvalue weighted by molar-refractivity contribution is 6.43. The van der Waals surface area contributed by atoms with Crippen LogP contribution in [0.15, 0.2) is 89.4 Å². The average molecular weight is 754 g/mol. The lowest BCUT2D eigenvalue weighted by atomic mass is 10.0. The Morgan fingerprint density at radius 1 is 0.907 bits per heavy atom. The van der Waals surface area contributed by atoms with Crippen molar-refractivity contribution in [2.75, 3.05) is 40.5 Å². The Kier molecular flexibility index (Phi) is 12.3. The molecule has 1 unspecified atom stereocenters. The van der Waals surface area contributed by atoms with Gasteiger partial charge in [0.1, 0.15) is 23.6 Å². The third kappa shape index (κ3) is 9.26. The number of benzene rings is 3. The van der Waals surface area contributed by atoms with Gasteiger partial charge in [-0.05, 0) is 80.1 Å². The van der Waals surface area contributed by atoms with Crippen molar-refractivity contribution in [3.63, 3.8) is 0 Å². The topological polar surface area (TPSA) is 166 Å². The number of carbonyl (C=O) groups excluding carboxylic acids is 5. The van der Waals surface area contributed by atoms with Crippen LogP contribution in [0.4, 0.5) is 23.1 Å². The number of nitrogens with one attached hydrogen (secondary N) is 4. The summed E-state index contributed by atoms with van der Waals surface area (Å²) in [5, 5.41) is 12.0. The number of halogens is 1. The second-order valence-corrected chi connectivity index (χ2v) is 14.2. The predicted molar refractivity (Wildman–Crippen MR) is 208 cm³/mol. The molecular weight excluding hydrogens is 710 g/mol. The number of para-hydroxylation sites is 4. The van der Waals surface area contributed by atoms with Crippen molar-refractivity contribution in [2.24, 2.45) is 5.92 Å². The number of hydrogen-bond acceptors (Lipinski definition) is 9.